The lowest BCUT2D eigenvalue weighted by molar-refractivity contribution is 0.416. The van der Waals surface area contributed by atoms with Crippen molar-refractivity contribution in [3.8, 4) is 39.6 Å². The number of nitrogens with zero attached hydrogens (tertiary/aromatic N) is 4. The maximum atomic E-state index is 6.19. The van der Waals surface area contributed by atoms with Crippen molar-refractivity contribution in [1.82, 2.24) is 20.0 Å². The van der Waals surface area contributed by atoms with Crippen molar-refractivity contribution in [1.29, 1.82) is 0 Å². The predicted octanol–water partition coefficient (Wildman–Crippen LogP) is 5.32. The summed E-state index contributed by atoms with van der Waals surface area (Å²) in [6.07, 6.45) is 1.87. The number of benzene rings is 3. The minimum Gasteiger partial charge on any atom is -0.496 e. The molecular formula is C25H20N4O2. The summed E-state index contributed by atoms with van der Waals surface area (Å²) in [7, 11) is 1.65. The number of para-hydroxylation sites is 1. The summed E-state index contributed by atoms with van der Waals surface area (Å²) in [5.41, 5.74) is 4.42. The molecule has 0 aliphatic heterocycles. The van der Waals surface area contributed by atoms with Crippen molar-refractivity contribution in [2.24, 2.45) is 0 Å². The van der Waals surface area contributed by atoms with Crippen molar-refractivity contribution in [3.05, 3.63) is 97.0 Å². The third kappa shape index (κ3) is 3.83. The Labute approximate surface area is 179 Å². The summed E-state index contributed by atoms with van der Waals surface area (Å²) in [5.74, 6) is 2.06. The second-order valence-electron chi connectivity index (χ2n) is 7.02. The molecule has 0 saturated carbocycles. The molecule has 0 saturated heterocycles. The van der Waals surface area contributed by atoms with Gasteiger partial charge in [-0.25, -0.2) is 9.67 Å². The first kappa shape index (κ1) is 18.8. The molecular weight excluding hydrogens is 388 g/mol. The van der Waals surface area contributed by atoms with Crippen LogP contribution >= 0.6 is 0 Å². The summed E-state index contributed by atoms with van der Waals surface area (Å²) >= 11 is 0. The van der Waals surface area contributed by atoms with Crippen LogP contribution in [0, 0.1) is 0 Å². The zero-order valence-electron chi connectivity index (χ0n) is 17.0. The van der Waals surface area contributed by atoms with E-state index in [1.807, 2.05) is 91.1 Å². The largest absolute Gasteiger partial charge is 0.496 e. The molecule has 0 unspecified atom stereocenters. The highest BCUT2D eigenvalue weighted by molar-refractivity contribution is 5.76. The van der Waals surface area contributed by atoms with Crippen molar-refractivity contribution in [2.75, 3.05) is 7.11 Å². The van der Waals surface area contributed by atoms with Gasteiger partial charge in [0.15, 0.2) is 5.76 Å². The fourth-order valence-corrected chi connectivity index (χ4v) is 3.50. The van der Waals surface area contributed by atoms with Crippen LogP contribution in [0.3, 0.4) is 0 Å². The summed E-state index contributed by atoms with van der Waals surface area (Å²) in [5, 5.41) is 8.56. The average Bonchev–Trinajstić information content (AvgIpc) is 3.48. The van der Waals surface area contributed by atoms with Crippen LogP contribution in [-0.4, -0.2) is 27.1 Å². The molecule has 0 spiro atoms. The van der Waals surface area contributed by atoms with E-state index in [0.717, 1.165) is 39.6 Å². The van der Waals surface area contributed by atoms with Gasteiger partial charge in [0, 0.05) is 16.7 Å². The van der Waals surface area contributed by atoms with Gasteiger partial charge < -0.3 is 9.15 Å². The summed E-state index contributed by atoms with van der Waals surface area (Å²) in [6.45, 7) is 0.370. The fourth-order valence-electron chi connectivity index (χ4n) is 3.50. The average molecular weight is 408 g/mol. The maximum absolute atomic E-state index is 6.19. The SMILES string of the molecule is COc1ccccc1-c1cn(Cc2nc(-c3ccccc3)c(-c3ccccc3)o2)nn1. The van der Waals surface area contributed by atoms with Gasteiger partial charge in [0.05, 0.1) is 13.3 Å². The zero-order valence-corrected chi connectivity index (χ0v) is 17.0. The highest BCUT2D eigenvalue weighted by Crippen LogP contribution is 2.33. The number of methoxy groups -OCH3 is 1. The van der Waals surface area contributed by atoms with Crippen LogP contribution in [-0.2, 0) is 6.54 Å². The van der Waals surface area contributed by atoms with Gasteiger partial charge in [0.25, 0.3) is 0 Å². The molecule has 6 heteroatoms. The van der Waals surface area contributed by atoms with Gasteiger partial charge in [-0.15, -0.1) is 5.10 Å². The molecule has 5 rings (SSSR count). The smallest absolute Gasteiger partial charge is 0.217 e. The molecule has 3 aromatic carbocycles. The highest BCUT2D eigenvalue weighted by atomic mass is 16.5. The Hall–Kier alpha value is -4.19. The second kappa shape index (κ2) is 8.28. The van der Waals surface area contributed by atoms with Gasteiger partial charge in [0.1, 0.15) is 23.7 Å². The number of aromatic nitrogens is 4. The van der Waals surface area contributed by atoms with Gasteiger partial charge in [-0.05, 0) is 12.1 Å². The van der Waals surface area contributed by atoms with E-state index in [4.69, 9.17) is 14.1 Å². The first-order valence-corrected chi connectivity index (χ1v) is 9.96. The third-order valence-electron chi connectivity index (χ3n) is 4.97. The number of hydrogen-bond donors (Lipinski definition) is 0. The Morgan fingerprint density at radius 3 is 2.26 bits per heavy atom. The Bertz CT molecular complexity index is 1240. The van der Waals surface area contributed by atoms with E-state index in [1.165, 1.54) is 0 Å². The number of rotatable bonds is 6. The van der Waals surface area contributed by atoms with Crippen LogP contribution in [0.4, 0.5) is 0 Å². The molecule has 0 N–H and O–H groups in total. The van der Waals surface area contributed by atoms with Crippen LogP contribution in [0.5, 0.6) is 5.75 Å². The van der Waals surface area contributed by atoms with Crippen LogP contribution in [0.25, 0.3) is 33.8 Å². The molecule has 0 radical (unpaired) electrons. The Balaban J connectivity index is 1.49. The number of ether oxygens (including phenoxy) is 1. The maximum Gasteiger partial charge on any atom is 0.217 e. The van der Waals surface area contributed by atoms with E-state index in [2.05, 4.69) is 10.3 Å². The summed E-state index contributed by atoms with van der Waals surface area (Å²) in [6, 6.07) is 27.8. The Morgan fingerprint density at radius 1 is 0.839 bits per heavy atom. The van der Waals surface area contributed by atoms with Gasteiger partial charge in [0.2, 0.25) is 5.89 Å². The van der Waals surface area contributed by atoms with Gasteiger partial charge in [-0.3, -0.25) is 0 Å². The zero-order chi connectivity index (χ0) is 21.0. The number of oxazole rings is 1. The monoisotopic (exact) mass is 408 g/mol. The second-order valence-corrected chi connectivity index (χ2v) is 7.02. The van der Waals surface area contributed by atoms with Crippen LogP contribution in [0.15, 0.2) is 95.5 Å². The van der Waals surface area contributed by atoms with Gasteiger partial charge in [-0.1, -0.05) is 78.0 Å². The van der Waals surface area contributed by atoms with E-state index >= 15 is 0 Å². The lowest BCUT2D eigenvalue weighted by Crippen LogP contribution is -2.00. The molecule has 2 heterocycles. The molecule has 152 valence electrons. The van der Waals surface area contributed by atoms with E-state index < -0.39 is 0 Å². The highest BCUT2D eigenvalue weighted by Gasteiger charge is 2.18. The minimum absolute atomic E-state index is 0.370. The van der Waals surface area contributed by atoms with Crippen molar-refractivity contribution in [2.45, 2.75) is 6.54 Å². The minimum atomic E-state index is 0.370. The van der Waals surface area contributed by atoms with Gasteiger partial charge >= 0.3 is 0 Å². The van der Waals surface area contributed by atoms with Crippen molar-refractivity contribution in [3.63, 3.8) is 0 Å². The first-order chi connectivity index (χ1) is 15.3. The van der Waals surface area contributed by atoms with E-state index in [0.29, 0.717) is 12.4 Å². The summed E-state index contributed by atoms with van der Waals surface area (Å²) < 4.78 is 13.4. The third-order valence-corrected chi connectivity index (χ3v) is 4.97. The van der Waals surface area contributed by atoms with E-state index in [1.54, 1.807) is 11.8 Å². The molecule has 2 aromatic heterocycles. The molecule has 0 bridgehead atoms. The predicted molar refractivity (Wildman–Crippen MR) is 118 cm³/mol. The van der Waals surface area contributed by atoms with E-state index in [9.17, 15) is 0 Å². The molecule has 5 aromatic rings. The topological polar surface area (TPSA) is 66.0 Å². The van der Waals surface area contributed by atoms with Crippen LogP contribution < -0.4 is 4.74 Å². The molecule has 31 heavy (non-hydrogen) atoms. The molecule has 6 nitrogen and oxygen atoms in total. The molecule has 0 atom stereocenters. The van der Waals surface area contributed by atoms with Gasteiger partial charge in [-0.2, -0.15) is 0 Å². The Kier molecular flexibility index (Phi) is 5.02. The lowest BCUT2D eigenvalue weighted by Gasteiger charge is -2.04. The fraction of sp³-hybridized carbons (Fsp3) is 0.0800. The van der Waals surface area contributed by atoms with Crippen molar-refractivity contribution >= 4 is 0 Å². The quantitative estimate of drug-likeness (QED) is 0.380. The lowest BCUT2D eigenvalue weighted by atomic mass is 10.1. The Morgan fingerprint density at radius 2 is 1.52 bits per heavy atom. The molecule has 0 aliphatic rings. The normalized spacial score (nSPS) is 10.9. The standard InChI is InChI=1S/C25H20N4O2/c1-30-22-15-9-8-14-20(22)21-16-29(28-27-21)17-23-26-24(18-10-4-2-5-11-18)25(31-23)19-12-6-3-7-13-19/h2-16H,17H2,1H3. The molecule has 0 amide bonds. The molecule has 0 fully saturated rings. The number of hydrogen-bond acceptors (Lipinski definition) is 5. The summed E-state index contributed by atoms with van der Waals surface area (Å²) in [4.78, 5) is 4.79. The first-order valence-electron chi connectivity index (χ1n) is 9.96. The van der Waals surface area contributed by atoms with Crippen LogP contribution in [0.2, 0.25) is 0 Å². The molecule has 0 aliphatic carbocycles. The van der Waals surface area contributed by atoms with Crippen LogP contribution in [0.1, 0.15) is 5.89 Å². The van der Waals surface area contributed by atoms with E-state index in [-0.39, 0.29) is 0 Å². The van der Waals surface area contributed by atoms with Crippen molar-refractivity contribution < 1.29 is 9.15 Å².